The van der Waals surface area contributed by atoms with E-state index in [-0.39, 0.29) is 5.63 Å². The van der Waals surface area contributed by atoms with E-state index >= 15 is 0 Å². The van der Waals surface area contributed by atoms with Crippen LogP contribution >= 0.6 is 11.3 Å². The summed E-state index contributed by atoms with van der Waals surface area (Å²) in [6.45, 7) is 8.02. The molecule has 0 amide bonds. The van der Waals surface area contributed by atoms with E-state index in [4.69, 9.17) is 4.42 Å². The number of fused-ring (bicyclic) bond motifs is 1. The van der Waals surface area contributed by atoms with Gasteiger partial charge in [0.1, 0.15) is 5.58 Å². The molecule has 1 aliphatic rings. The molecule has 3 heterocycles. The number of benzene rings is 1. The summed E-state index contributed by atoms with van der Waals surface area (Å²) >= 11 is 1.83. The first kappa shape index (κ1) is 18.4. The predicted molar refractivity (Wildman–Crippen MR) is 112 cm³/mol. The summed E-state index contributed by atoms with van der Waals surface area (Å²) in [5.74, 6) is 0. The second-order valence-electron chi connectivity index (χ2n) is 7.43. The van der Waals surface area contributed by atoms with Gasteiger partial charge >= 0.3 is 5.63 Å². The molecule has 4 rings (SSSR count). The molecule has 0 spiro atoms. The number of aryl methyl sites for hydroxylation is 2. The lowest BCUT2D eigenvalue weighted by molar-refractivity contribution is 0.242. The van der Waals surface area contributed by atoms with Crippen molar-refractivity contribution in [2.24, 2.45) is 0 Å². The summed E-state index contributed by atoms with van der Waals surface area (Å²) in [6.07, 6.45) is 2.57. The molecule has 142 valence electrons. The van der Waals surface area contributed by atoms with Crippen molar-refractivity contribution in [3.05, 3.63) is 67.7 Å². The van der Waals surface area contributed by atoms with Crippen molar-refractivity contribution in [1.82, 2.24) is 10.2 Å². The van der Waals surface area contributed by atoms with Crippen molar-refractivity contribution >= 4 is 22.3 Å². The maximum absolute atomic E-state index is 12.0. The lowest BCUT2D eigenvalue weighted by Gasteiger charge is -2.27. The summed E-state index contributed by atoms with van der Waals surface area (Å²) in [4.78, 5) is 16.0. The van der Waals surface area contributed by atoms with Gasteiger partial charge in [-0.15, -0.1) is 11.3 Å². The van der Waals surface area contributed by atoms with Gasteiger partial charge in [0.25, 0.3) is 0 Å². The molecule has 27 heavy (non-hydrogen) atoms. The topological polar surface area (TPSA) is 45.5 Å². The fourth-order valence-corrected chi connectivity index (χ4v) is 4.78. The molecule has 5 heteroatoms. The SMILES string of the molecule is Cc1cc2oc(=O)cc(CNC[C@@H](c3cccs3)N3CCCC3)c2cc1C. The molecule has 1 saturated heterocycles. The second kappa shape index (κ2) is 7.97. The number of nitrogens with zero attached hydrogens (tertiary/aromatic N) is 1. The maximum atomic E-state index is 12.0. The summed E-state index contributed by atoms with van der Waals surface area (Å²) in [6, 6.07) is 10.5. The molecule has 3 aromatic rings. The van der Waals surface area contributed by atoms with Crippen LogP contribution in [0.15, 0.2) is 44.9 Å². The largest absolute Gasteiger partial charge is 0.423 e. The highest BCUT2D eigenvalue weighted by atomic mass is 32.1. The van der Waals surface area contributed by atoms with Crippen LogP contribution in [0.3, 0.4) is 0 Å². The standard InChI is InChI=1S/C22H26N2O2S/c1-15-10-18-17(12-22(25)26-20(18)11-16(15)2)13-23-14-19(21-6-5-9-27-21)24-7-3-4-8-24/h5-6,9-12,19,23H,3-4,7-8,13-14H2,1-2H3/t19-/m0/s1. The third-order valence-corrected chi connectivity index (χ3v) is 6.52. The van der Waals surface area contributed by atoms with Gasteiger partial charge < -0.3 is 9.73 Å². The molecule has 1 aliphatic heterocycles. The third kappa shape index (κ3) is 4.00. The molecule has 0 radical (unpaired) electrons. The van der Waals surface area contributed by atoms with Crippen LogP contribution in [0.4, 0.5) is 0 Å². The first-order valence-corrected chi connectivity index (χ1v) is 10.5. The normalized spacial score (nSPS) is 16.2. The van der Waals surface area contributed by atoms with E-state index in [2.05, 4.69) is 40.7 Å². The average molecular weight is 383 g/mol. The number of hydrogen-bond donors (Lipinski definition) is 1. The Balaban J connectivity index is 1.54. The Bertz CT molecular complexity index is 972. The molecule has 1 N–H and O–H groups in total. The highest BCUT2D eigenvalue weighted by Crippen LogP contribution is 2.28. The quantitative estimate of drug-likeness (QED) is 0.642. The van der Waals surface area contributed by atoms with Crippen molar-refractivity contribution in [1.29, 1.82) is 0 Å². The molecule has 0 aliphatic carbocycles. The molecule has 0 unspecified atom stereocenters. The van der Waals surface area contributed by atoms with Crippen LogP contribution in [0, 0.1) is 13.8 Å². The first-order valence-electron chi connectivity index (χ1n) is 9.64. The van der Waals surface area contributed by atoms with Crippen LogP contribution in [0.1, 0.15) is 40.5 Å². The summed E-state index contributed by atoms with van der Waals surface area (Å²) < 4.78 is 5.42. The Labute approximate surface area is 163 Å². The van der Waals surface area contributed by atoms with E-state index in [0.29, 0.717) is 18.2 Å². The van der Waals surface area contributed by atoms with E-state index in [1.807, 2.05) is 24.3 Å². The molecule has 1 aromatic carbocycles. The van der Waals surface area contributed by atoms with Gasteiger partial charge in [-0.2, -0.15) is 0 Å². The lowest BCUT2D eigenvalue weighted by Crippen LogP contribution is -2.33. The Morgan fingerprint density at radius 3 is 2.70 bits per heavy atom. The monoisotopic (exact) mass is 382 g/mol. The van der Waals surface area contributed by atoms with Crippen LogP contribution in [0.2, 0.25) is 0 Å². The first-order chi connectivity index (χ1) is 13.1. The van der Waals surface area contributed by atoms with Crippen molar-refractivity contribution in [3.8, 4) is 0 Å². The third-order valence-electron chi connectivity index (χ3n) is 5.55. The van der Waals surface area contributed by atoms with Crippen LogP contribution in [0.5, 0.6) is 0 Å². The Hall–Kier alpha value is -1.95. The molecule has 1 atom stereocenters. The minimum absolute atomic E-state index is 0.281. The van der Waals surface area contributed by atoms with E-state index < -0.39 is 0 Å². The van der Waals surface area contributed by atoms with Crippen LogP contribution in [-0.4, -0.2) is 24.5 Å². The van der Waals surface area contributed by atoms with E-state index in [0.717, 1.165) is 23.1 Å². The molecule has 0 saturated carbocycles. The van der Waals surface area contributed by atoms with Crippen molar-refractivity contribution in [2.45, 2.75) is 39.3 Å². The number of nitrogens with one attached hydrogen (secondary N) is 1. The van der Waals surface area contributed by atoms with E-state index in [9.17, 15) is 4.79 Å². The fourth-order valence-electron chi connectivity index (χ4n) is 3.92. The number of thiophene rings is 1. The minimum atomic E-state index is -0.281. The minimum Gasteiger partial charge on any atom is -0.423 e. The number of rotatable bonds is 6. The molecule has 0 bridgehead atoms. The average Bonchev–Trinajstić information content (AvgIpc) is 3.34. The Kier molecular flexibility index (Phi) is 5.43. The van der Waals surface area contributed by atoms with Gasteiger partial charge in [0.15, 0.2) is 0 Å². The summed E-state index contributed by atoms with van der Waals surface area (Å²) in [7, 11) is 0. The molecular weight excluding hydrogens is 356 g/mol. The zero-order valence-corrected chi connectivity index (χ0v) is 16.8. The molecule has 4 nitrogen and oxygen atoms in total. The van der Waals surface area contributed by atoms with Gasteiger partial charge in [0.2, 0.25) is 0 Å². The molecule has 1 fully saturated rings. The van der Waals surface area contributed by atoms with Gasteiger partial charge in [-0.1, -0.05) is 6.07 Å². The number of likely N-dealkylation sites (tertiary alicyclic amines) is 1. The zero-order chi connectivity index (χ0) is 18.8. The highest BCUT2D eigenvalue weighted by molar-refractivity contribution is 7.10. The smallest absolute Gasteiger partial charge is 0.336 e. The van der Waals surface area contributed by atoms with Gasteiger partial charge in [0, 0.05) is 29.4 Å². The van der Waals surface area contributed by atoms with Crippen molar-refractivity contribution < 1.29 is 4.42 Å². The Morgan fingerprint density at radius 1 is 1.19 bits per heavy atom. The zero-order valence-electron chi connectivity index (χ0n) is 16.0. The van der Waals surface area contributed by atoms with Crippen molar-refractivity contribution in [3.63, 3.8) is 0 Å². The van der Waals surface area contributed by atoms with Gasteiger partial charge in [0.05, 0.1) is 6.04 Å². The van der Waals surface area contributed by atoms with Crippen molar-refractivity contribution in [2.75, 3.05) is 19.6 Å². The highest BCUT2D eigenvalue weighted by Gasteiger charge is 2.23. The van der Waals surface area contributed by atoms with Gasteiger partial charge in [-0.05, 0) is 80.0 Å². The predicted octanol–water partition coefficient (Wildman–Crippen LogP) is 4.40. The fraction of sp³-hybridized carbons (Fsp3) is 0.409. The maximum Gasteiger partial charge on any atom is 0.336 e. The lowest BCUT2D eigenvalue weighted by atomic mass is 10.0. The van der Waals surface area contributed by atoms with Crippen LogP contribution < -0.4 is 10.9 Å². The molecular formula is C22H26N2O2S. The molecule has 2 aromatic heterocycles. The van der Waals surface area contributed by atoms with Crippen LogP contribution in [0.25, 0.3) is 11.0 Å². The Morgan fingerprint density at radius 2 is 1.96 bits per heavy atom. The van der Waals surface area contributed by atoms with E-state index in [1.165, 1.54) is 36.4 Å². The summed E-state index contributed by atoms with van der Waals surface area (Å²) in [5.41, 5.74) is 3.76. The second-order valence-corrected chi connectivity index (χ2v) is 8.41. The van der Waals surface area contributed by atoms with Gasteiger partial charge in [-0.3, -0.25) is 4.90 Å². The summed E-state index contributed by atoms with van der Waals surface area (Å²) in [5, 5.41) is 6.78. The number of hydrogen-bond acceptors (Lipinski definition) is 5. The van der Waals surface area contributed by atoms with Crippen LogP contribution in [-0.2, 0) is 6.54 Å². The van der Waals surface area contributed by atoms with E-state index in [1.54, 1.807) is 6.07 Å². The van der Waals surface area contributed by atoms with Gasteiger partial charge in [-0.25, -0.2) is 4.79 Å².